The van der Waals surface area contributed by atoms with Crippen molar-refractivity contribution in [2.24, 2.45) is 0 Å². The highest BCUT2D eigenvalue weighted by molar-refractivity contribution is 6.17. The average molecular weight is 500 g/mol. The fourth-order valence-corrected chi connectivity index (χ4v) is 6.09. The predicted octanol–water partition coefficient (Wildman–Crippen LogP) is 9.62. The predicted molar refractivity (Wildman–Crippen MR) is 165 cm³/mol. The molecule has 0 aliphatic heterocycles. The van der Waals surface area contributed by atoms with Crippen LogP contribution in [0, 0.1) is 0 Å². The normalized spacial score (nSPS) is 11.6. The third kappa shape index (κ3) is 3.30. The summed E-state index contributed by atoms with van der Waals surface area (Å²) in [6.45, 7) is 0. The van der Waals surface area contributed by atoms with Crippen LogP contribution < -0.4 is 5.32 Å². The fourth-order valence-electron chi connectivity index (χ4n) is 6.09. The minimum absolute atomic E-state index is 1.08. The van der Waals surface area contributed by atoms with Crippen LogP contribution in [0.1, 0.15) is 0 Å². The van der Waals surface area contributed by atoms with Crippen LogP contribution in [0.4, 0.5) is 11.4 Å². The van der Waals surface area contributed by atoms with Crippen molar-refractivity contribution in [1.29, 1.82) is 0 Å². The van der Waals surface area contributed by atoms with Gasteiger partial charge in [-0.3, -0.25) is 0 Å². The van der Waals surface area contributed by atoms with E-state index in [4.69, 9.17) is 0 Å². The largest absolute Gasteiger partial charge is 0.353 e. The SMILES string of the molecule is c1ccc(-n2c3ccccc3c3c(Nc4cccc5c6ccccc6n(-c6ccccc6)c45)cccc32)cc1. The average Bonchev–Trinajstić information content (AvgIpc) is 3.52. The van der Waals surface area contributed by atoms with E-state index in [2.05, 4.69) is 160 Å². The second-order valence-corrected chi connectivity index (χ2v) is 9.90. The molecule has 0 atom stereocenters. The number of nitrogens with zero attached hydrogens (tertiary/aromatic N) is 2. The Labute approximate surface area is 226 Å². The van der Waals surface area contributed by atoms with Crippen LogP contribution in [0.25, 0.3) is 55.0 Å². The molecule has 0 unspecified atom stereocenters. The van der Waals surface area contributed by atoms with Crippen molar-refractivity contribution in [2.45, 2.75) is 0 Å². The third-order valence-corrected chi connectivity index (χ3v) is 7.69. The number of anilines is 2. The van der Waals surface area contributed by atoms with Crippen molar-refractivity contribution in [1.82, 2.24) is 9.13 Å². The zero-order valence-corrected chi connectivity index (χ0v) is 21.3. The van der Waals surface area contributed by atoms with Gasteiger partial charge in [-0.15, -0.1) is 0 Å². The fraction of sp³-hybridized carbons (Fsp3) is 0. The molecule has 0 fully saturated rings. The number of hydrogen-bond donors (Lipinski definition) is 1. The molecule has 6 aromatic carbocycles. The van der Waals surface area contributed by atoms with Crippen molar-refractivity contribution in [3.63, 3.8) is 0 Å². The Morgan fingerprint density at radius 1 is 0.359 bits per heavy atom. The number of fused-ring (bicyclic) bond motifs is 6. The maximum atomic E-state index is 3.88. The van der Waals surface area contributed by atoms with Crippen molar-refractivity contribution in [2.75, 3.05) is 5.32 Å². The number of benzene rings is 6. The number of hydrogen-bond acceptors (Lipinski definition) is 1. The molecule has 0 radical (unpaired) electrons. The Balaban J connectivity index is 1.41. The molecule has 2 aromatic heterocycles. The summed E-state index contributed by atoms with van der Waals surface area (Å²) in [6, 6.07) is 51.7. The highest BCUT2D eigenvalue weighted by Gasteiger charge is 2.18. The van der Waals surface area contributed by atoms with E-state index in [0.717, 1.165) is 22.7 Å². The summed E-state index contributed by atoms with van der Waals surface area (Å²) in [4.78, 5) is 0. The minimum Gasteiger partial charge on any atom is -0.353 e. The van der Waals surface area contributed by atoms with Gasteiger partial charge in [-0.1, -0.05) is 91.0 Å². The summed E-state index contributed by atoms with van der Waals surface area (Å²) in [5, 5.41) is 8.82. The molecular weight excluding hydrogens is 474 g/mol. The maximum Gasteiger partial charge on any atom is 0.0776 e. The van der Waals surface area contributed by atoms with Crippen LogP contribution in [0.5, 0.6) is 0 Å². The van der Waals surface area contributed by atoms with Crippen LogP contribution in [0.3, 0.4) is 0 Å². The van der Waals surface area contributed by atoms with E-state index in [9.17, 15) is 0 Å². The van der Waals surface area contributed by atoms with Gasteiger partial charge in [0.2, 0.25) is 0 Å². The summed E-state index contributed by atoms with van der Waals surface area (Å²) in [6.07, 6.45) is 0. The zero-order chi connectivity index (χ0) is 25.8. The summed E-state index contributed by atoms with van der Waals surface area (Å²) >= 11 is 0. The van der Waals surface area contributed by atoms with Crippen LogP contribution >= 0.6 is 0 Å². The monoisotopic (exact) mass is 499 g/mol. The maximum absolute atomic E-state index is 3.88. The molecule has 3 heteroatoms. The molecule has 39 heavy (non-hydrogen) atoms. The lowest BCUT2D eigenvalue weighted by atomic mass is 10.1. The molecule has 1 N–H and O–H groups in total. The number of aromatic nitrogens is 2. The van der Waals surface area contributed by atoms with Gasteiger partial charge < -0.3 is 14.5 Å². The molecule has 184 valence electrons. The Morgan fingerprint density at radius 3 is 1.62 bits per heavy atom. The zero-order valence-electron chi connectivity index (χ0n) is 21.3. The summed E-state index contributed by atoms with van der Waals surface area (Å²) < 4.78 is 4.73. The van der Waals surface area contributed by atoms with Crippen LogP contribution in [0.2, 0.25) is 0 Å². The Morgan fingerprint density at radius 2 is 0.872 bits per heavy atom. The first-order valence-corrected chi connectivity index (χ1v) is 13.3. The standard InChI is InChI=1S/C36H25N3/c1-3-13-25(14-4-1)38-33-23-10-8-18-29(33)35-30(20-12-24-34(35)38)37-31-21-11-19-28-27-17-7-9-22-32(27)39(36(28)31)26-15-5-2-6-16-26/h1-24,37H. The highest BCUT2D eigenvalue weighted by Crippen LogP contribution is 2.41. The molecule has 0 aliphatic carbocycles. The van der Waals surface area contributed by atoms with Gasteiger partial charge >= 0.3 is 0 Å². The molecule has 0 bridgehead atoms. The number of nitrogens with one attached hydrogen (secondary N) is 1. The lowest BCUT2D eigenvalue weighted by molar-refractivity contribution is 1.18. The Bertz CT molecular complexity index is 2130. The van der Waals surface area contributed by atoms with Crippen LogP contribution in [-0.2, 0) is 0 Å². The first-order chi connectivity index (χ1) is 19.4. The van der Waals surface area contributed by atoms with Gasteiger partial charge in [-0.05, 0) is 54.6 Å². The van der Waals surface area contributed by atoms with Gasteiger partial charge in [0.25, 0.3) is 0 Å². The lowest BCUT2D eigenvalue weighted by Gasteiger charge is -2.14. The molecule has 2 heterocycles. The first-order valence-electron chi connectivity index (χ1n) is 13.3. The molecule has 0 saturated carbocycles. The summed E-state index contributed by atoms with van der Waals surface area (Å²) in [7, 11) is 0. The van der Waals surface area contributed by atoms with E-state index in [1.807, 2.05) is 0 Å². The van der Waals surface area contributed by atoms with Crippen molar-refractivity contribution < 1.29 is 0 Å². The van der Waals surface area contributed by atoms with Crippen molar-refractivity contribution >= 4 is 55.0 Å². The van der Waals surface area contributed by atoms with E-state index in [1.54, 1.807) is 0 Å². The van der Waals surface area contributed by atoms with Crippen LogP contribution in [0.15, 0.2) is 146 Å². The van der Waals surface area contributed by atoms with Gasteiger partial charge in [-0.2, -0.15) is 0 Å². The second kappa shape index (κ2) is 8.64. The third-order valence-electron chi connectivity index (χ3n) is 7.69. The minimum atomic E-state index is 1.08. The molecule has 0 spiro atoms. The van der Waals surface area contributed by atoms with E-state index in [-0.39, 0.29) is 0 Å². The van der Waals surface area contributed by atoms with Crippen LogP contribution in [-0.4, -0.2) is 9.13 Å². The summed E-state index contributed by atoms with van der Waals surface area (Å²) in [5.74, 6) is 0. The van der Waals surface area contributed by atoms with E-state index in [1.165, 1.54) is 43.6 Å². The Kier molecular flexibility index (Phi) is 4.82. The molecule has 8 aromatic rings. The quantitative estimate of drug-likeness (QED) is 0.256. The van der Waals surface area contributed by atoms with Gasteiger partial charge in [0.05, 0.1) is 27.8 Å². The smallest absolute Gasteiger partial charge is 0.0776 e. The second-order valence-electron chi connectivity index (χ2n) is 9.90. The lowest BCUT2D eigenvalue weighted by Crippen LogP contribution is -1.98. The van der Waals surface area contributed by atoms with E-state index >= 15 is 0 Å². The topological polar surface area (TPSA) is 21.9 Å². The molecular formula is C36H25N3. The van der Waals surface area contributed by atoms with Crippen molar-refractivity contribution in [3.8, 4) is 11.4 Å². The van der Waals surface area contributed by atoms with Gasteiger partial charge in [0.15, 0.2) is 0 Å². The Hall–Kier alpha value is -5.28. The number of para-hydroxylation sites is 5. The van der Waals surface area contributed by atoms with E-state index < -0.39 is 0 Å². The first kappa shape index (κ1) is 21.8. The molecule has 3 nitrogen and oxygen atoms in total. The van der Waals surface area contributed by atoms with Gasteiger partial charge in [-0.25, -0.2) is 0 Å². The summed E-state index contributed by atoms with van der Waals surface area (Å²) in [5.41, 5.74) is 9.24. The molecule has 0 aliphatic rings. The molecule has 0 saturated heterocycles. The molecule has 0 amide bonds. The van der Waals surface area contributed by atoms with Crippen molar-refractivity contribution in [3.05, 3.63) is 146 Å². The van der Waals surface area contributed by atoms with E-state index in [0.29, 0.717) is 0 Å². The number of rotatable bonds is 4. The molecule has 8 rings (SSSR count). The highest BCUT2D eigenvalue weighted by atomic mass is 15.0. The van der Waals surface area contributed by atoms with Gasteiger partial charge in [0, 0.05) is 38.6 Å². The van der Waals surface area contributed by atoms with Gasteiger partial charge in [0.1, 0.15) is 0 Å².